The van der Waals surface area contributed by atoms with Gasteiger partial charge in [0.1, 0.15) is 6.10 Å². The van der Waals surface area contributed by atoms with E-state index >= 15 is 0 Å². The summed E-state index contributed by atoms with van der Waals surface area (Å²) in [6, 6.07) is 0. The average molecular weight is 214 g/mol. The average Bonchev–Trinajstić information content (AvgIpc) is 2.62. The van der Waals surface area contributed by atoms with Crippen molar-refractivity contribution in [1.29, 1.82) is 0 Å². The summed E-state index contributed by atoms with van der Waals surface area (Å²) in [5, 5.41) is 0. The van der Waals surface area contributed by atoms with Gasteiger partial charge in [-0.1, -0.05) is 0 Å². The molecule has 0 aromatic carbocycles. The van der Waals surface area contributed by atoms with Crippen LogP contribution in [0.2, 0.25) is 0 Å². The summed E-state index contributed by atoms with van der Waals surface area (Å²) < 4.78 is 15.2. The predicted molar refractivity (Wildman–Crippen MR) is 44.8 cm³/mol. The molecule has 0 N–H and O–H groups in total. The van der Waals surface area contributed by atoms with Gasteiger partial charge in [-0.15, -0.1) is 0 Å². The fraction of sp³-hybridized carbons (Fsp3) is 0.667. The maximum Gasteiger partial charge on any atom is 0.383 e. The molecule has 2 fully saturated rings. The minimum Gasteiger partial charge on any atom is -0.445 e. The predicted octanol–water partition coefficient (Wildman–Crippen LogP) is -0.799. The Morgan fingerprint density at radius 1 is 1.27 bits per heavy atom. The Hall–Kier alpha value is -1.27. The third-order valence-corrected chi connectivity index (χ3v) is 2.27. The first-order valence-corrected chi connectivity index (χ1v) is 4.52. The summed E-state index contributed by atoms with van der Waals surface area (Å²) in [4.78, 5) is 33.0. The van der Waals surface area contributed by atoms with Gasteiger partial charge in [0, 0.05) is 0 Å². The van der Waals surface area contributed by atoms with E-state index in [1.165, 1.54) is 0 Å². The number of ketones is 2. The highest BCUT2D eigenvalue weighted by molar-refractivity contribution is 6.65. The van der Waals surface area contributed by atoms with E-state index < -0.39 is 35.5 Å². The highest BCUT2D eigenvalue weighted by Crippen LogP contribution is 2.27. The largest absolute Gasteiger partial charge is 0.445 e. The Morgan fingerprint density at radius 3 is 2.33 bits per heavy atom. The maximum absolute atomic E-state index is 11.3. The van der Waals surface area contributed by atoms with Gasteiger partial charge in [0.05, 0.1) is 6.61 Å². The van der Waals surface area contributed by atoms with Crippen molar-refractivity contribution in [2.24, 2.45) is 0 Å². The second kappa shape index (κ2) is 3.11. The Bertz CT molecular complexity index is 345. The lowest BCUT2D eigenvalue weighted by Crippen LogP contribution is -2.36. The topological polar surface area (TPSA) is 78.9 Å². The van der Waals surface area contributed by atoms with Crippen molar-refractivity contribution in [2.75, 3.05) is 6.61 Å². The van der Waals surface area contributed by atoms with Crippen LogP contribution in [0.1, 0.15) is 13.8 Å². The van der Waals surface area contributed by atoms with Crippen LogP contribution in [0.25, 0.3) is 0 Å². The standard InChI is InChI=1S/C9H10O6/c1-9(2)13-3-4(15-9)7-5(10)6(11)8(12)14-7/h4,7H,3H2,1-2H3/t4-,7-/m0/s1. The van der Waals surface area contributed by atoms with Crippen molar-refractivity contribution < 1.29 is 28.6 Å². The quantitative estimate of drug-likeness (QED) is 0.420. The van der Waals surface area contributed by atoms with Crippen LogP contribution in [0.4, 0.5) is 0 Å². The molecule has 0 radical (unpaired) electrons. The van der Waals surface area contributed by atoms with Crippen molar-refractivity contribution in [1.82, 2.24) is 0 Å². The molecule has 2 aliphatic rings. The van der Waals surface area contributed by atoms with E-state index in [2.05, 4.69) is 4.74 Å². The van der Waals surface area contributed by atoms with Gasteiger partial charge in [-0.2, -0.15) is 0 Å². The zero-order chi connectivity index (χ0) is 11.2. The zero-order valence-electron chi connectivity index (χ0n) is 8.31. The summed E-state index contributed by atoms with van der Waals surface area (Å²) in [7, 11) is 0. The molecule has 2 heterocycles. The van der Waals surface area contributed by atoms with Gasteiger partial charge >= 0.3 is 11.8 Å². The van der Waals surface area contributed by atoms with E-state index in [9.17, 15) is 14.4 Å². The number of ether oxygens (including phenoxy) is 3. The smallest absolute Gasteiger partial charge is 0.383 e. The minimum absolute atomic E-state index is 0.129. The number of rotatable bonds is 1. The molecule has 6 nitrogen and oxygen atoms in total. The second-order valence-corrected chi connectivity index (χ2v) is 3.89. The molecule has 0 spiro atoms. The molecule has 2 aliphatic heterocycles. The fourth-order valence-electron chi connectivity index (χ4n) is 1.56. The van der Waals surface area contributed by atoms with Crippen molar-refractivity contribution in [3.8, 4) is 0 Å². The number of cyclic esters (lactones) is 1. The Morgan fingerprint density at radius 2 is 1.93 bits per heavy atom. The van der Waals surface area contributed by atoms with Crippen molar-refractivity contribution in [3.05, 3.63) is 0 Å². The Kier molecular flexibility index (Phi) is 2.13. The van der Waals surface area contributed by atoms with Crippen molar-refractivity contribution in [2.45, 2.75) is 31.8 Å². The zero-order valence-corrected chi connectivity index (χ0v) is 8.31. The van der Waals surface area contributed by atoms with Gasteiger partial charge in [-0.25, -0.2) is 4.79 Å². The van der Waals surface area contributed by atoms with Crippen molar-refractivity contribution >= 4 is 17.5 Å². The van der Waals surface area contributed by atoms with Gasteiger partial charge in [0.25, 0.3) is 5.78 Å². The molecule has 0 amide bonds. The molecule has 0 unspecified atom stereocenters. The maximum atomic E-state index is 11.3. The van der Waals surface area contributed by atoms with Crippen LogP contribution in [0.15, 0.2) is 0 Å². The third kappa shape index (κ3) is 1.66. The molecular formula is C9H10O6. The Labute approximate surface area is 85.5 Å². The third-order valence-electron chi connectivity index (χ3n) is 2.27. The van der Waals surface area contributed by atoms with Gasteiger partial charge in [0.2, 0.25) is 0 Å². The number of Topliss-reactive ketones (excluding diaryl/α,β-unsaturated/α-hetero) is 2. The lowest BCUT2D eigenvalue weighted by Gasteiger charge is -2.18. The first-order valence-electron chi connectivity index (χ1n) is 4.52. The summed E-state index contributed by atoms with van der Waals surface area (Å²) in [5.74, 6) is -3.90. The van der Waals surface area contributed by atoms with E-state index in [1.54, 1.807) is 13.8 Å². The minimum atomic E-state index is -1.15. The molecule has 0 bridgehead atoms. The lowest BCUT2D eigenvalue weighted by atomic mass is 10.1. The summed E-state index contributed by atoms with van der Waals surface area (Å²) in [5.41, 5.74) is 0. The first kappa shape index (κ1) is 10.3. The van der Waals surface area contributed by atoms with Crippen LogP contribution >= 0.6 is 0 Å². The molecule has 82 valence electrons. The molecule has 15 heavy (non-hydrogen) atoms. The van der Waals surface area contributed by atoms with E-state index in [0.29, 0.717) is 0 Å². The van der Waals surface area contributed by atoms with Crippen LogP contribution < -0.4 is 0 Å². The molecule has 0 saturated carbocycles. The van der Waals surface area contributed by atoms with Gasteiger partial charge in [0.15, 0.2) is 11.9 Å². The van der Waals surface area contributed by atoms with Crippen molar-refractivity contribution in [3.63, 3.8) is 0 Å². The lowest BCUT2D eigenvalue weighted by molar-refractivity contribution is -0.164. The van der Waals surface area contributed by atoms with E-state index in [4.69, 9.17) is 9.47 Å². The Balaban J connectivity index is 2.11. The van der Waals surface area contributed by atoms with Crippen LogP contribution in [0, 0.1) is 0 Å². The molecule has 0 aliphatic carbocycles. The highest BCUT2D eigenvalue weighted by atomic mass is 16.8. The van der Waals surface area contributed by atoms with E-state index in [1.807, 2.05) is 0 Å². The number of carbonyl (C=O) groups excluding carboxylic acids is 3. The molecule has 0 aromatic rings. The highest BCUT2D eigenvalue weighted by Gasteiger charge is 2.50. The van der Waals surface area contributed by atoms with Gasteiger partial charge in [-0.3, -0.25) is 9.59 Å². The van der Waals surface area contributed by atoms with Crippen LogP contribution in [-0.4, -0.2) is 42.1 Å². The first-order chi connectivity index (χ1) is 6.91. The number of hydrogen-bond acceptors (Lipinski definition) is 6. The number of hydrogen-bond donors (Lipinski definition) is 0. The van der Waals surface area contributed by atoms with Gasteiger partial charge < -0.3 is 14.2 Å². The molecule has 2 rings (SSSR count). The van der Waals surface area contributed by atoms with Crippen LogP contribution in [-0.2, 0) is 28.6 Å². The van der Waals surface area contributed by atoms with Crippen LogP contribution in [0.5, 0.6) is 0 Å². The SMILES string of the molecule is CC1(C)OC[C@@H]([C@@H]2OC(=O)C(=O)C2=O)O1. The van der Waals surface area contributed by atoms with E-state index in [-0.39, 0.29) is 6.61 Å². The fourth-order valence-corrected chi connectivity index (χ4v) is 1.56. The van der Waals surface area contributed by atoms with Crippen LogP contribution in [0.3, 0.4) is 0 Å². The monoisotopic (exact) mass is 214 g/mol. The summed E-state index contributed by atoms with van der Waals surface area (Å²) in [6.07, 6.45) is -1.84. The normalized spacial score (nSPS) is 34.7. The number of carbonyl (C=O) groups is 3. The molecular weight excluding hydrogens is 204 g/mol. The molecule has 0 aromatic heterocycles. The molecule has 2 atom stereocenters. The molecule has 6 heteroatoms. The second-order valence-electron chi connectivity index (χ2n) is 3.89. The molecule has 2 saturated heterocycles. The van der Waals surface area contributed by atoms with E-state index in [0.717, 1.165) is 0 Å². The number of esters is 1. The summed E-state index contributed by atoms with van der Waals surface area (Å²) in [6.45, 7) is 3.48. The van der Waals surface area contributed by atoms with Gasteiger partial charge in [-0.05, 0) is 13.8 Å². The summed E-state index contributed by atoms with van der Waals surface area (Å²) >= 11 is 0.